The van der Waals surface area contributed by atoms with Crippen molar-refractivity contribution in [1.29, 1.82) is 0 Å². The van der Waals surface area contributed by atoms with Crippen LogP contribution >= 0.6 is 12.2 Å². The first-order valence-corrected chi connectivity index (χ1v) is 11.5. The summed E-state index contributed by atoms with van der Waals surface area (Å²) in [5.41, 5.74) is 6.06. The molecule has 8 heteroatoms. The second-order valence-corrected chi connectivity index (χ2v) is 8.29. The zero-order valence-electron chi connectivity index (χ0n) is 19.0. The van der Waals surface area contributed by atoms with Crippen molar-refractivity contribution in [3.8, 4) is 22.9 Å². The van der Waals surface area contributed by atoms with Gasteiger partial charge in [0.25, 0.3) is 0 Å². The lowest BCUT2D eigenvalue weighted by atomic mass is 10.0. The number of nitrogens with one attached hydrogen (secondary N) is 2. The van der Waals surface area contributed by atoms with Crippen LogP contribution in [0.5, 0.6) is 11.5 Å². The molecule has 5 aromatic rings. The lowest BCUT2D eigenvalue weighted by molar-refractivity contribution is 0.303. The Balaban J connectivity index is 1.48. The molecule has 0 aliphatic rings. The number of nitrogens with zero attached hydrogens (tertiary/aromatic N) is 2. The van der Waals surface area contributed by atoms with Gasteiger partial charge in [-0.25, -0.2) is 14.2 Å². The first-order valence-electron chi connectivity index (χ1n) is 11.1. The van der Waals surface area contributed by atoms with Crippen molar-refractivity contribution in [3.63, 3.8) is 0 Å². The van der Waals surface area contributed by atoms with E-state index in [0.29, 0.717) is 29.5 Å². The summed E-state index contributed by atoms with van der Waals surface area (Å²) in [5.74, 6) is 1.76. The minimum Gasteiger partial charge on any atom is -0.496 e. The van der Waals surface area contributed by atoms with Gasteiger partial charge in [-0.1, -0.05) is 54.6 Å². The lowest BCUT2D eigenvalue weighted by Gasteiger charge is -2.17. The Morgan fingerprint density at radius 2 is 1.71 bits per heavy atom. The Bertz CT molecular complexity index is 1530. The van der Waals surface area contributed by atoms with Crippen LogP contribution in [0.1, 0.15) is 11.1 Å². The van der Waals surface area contributed by atoms with Crippen LogP contribution in [-0.4, -0.2) is 22.0 Å². The Hall–Kier alpha value is -4.17. The maximum atomic E-state index is 13.3. The Morgan fingerprint density at radius 1 is 0.943 bits per heavy atom. The Morgan fingerprint density at radius 3 is 2.54 bits per heavy atom. The van der Waals surface area contributed by atoms with Crippen molar-refractivity contribution in [2.75, 3.05) is 12.5 Å². The lowest BCUT2D eigenvalue weighted by Crippen LogP contribution is -2.17. The van der Waals surface area contributed by atoms with E-state index in [4.69, 9.17) is 21.7 Å². The van der Waals surface area contributed by atoms with Gasteiger partial charge >= 0.3 is 0 Å². The quantitative estimate of drug-likeness (QED) is 0.255. The van der Waals surface area contributed by atoms with Crippen molar-refractivity contribution in [2.24, 2.45) is 0 Å². The van der Waals surface area contributed by atoms with Crippen molar-refractivity contribution >= 4 is 23.0 Å². The van der Waals surface area contributed by atoms with Gasteiger partial charge in [-0.3, -0.25) is 0 Å². The number of rotatable bonds is 8. The molecular formula is C27H23FN4O2S. The molecule has 176 valence electrons. The van der Waals surface area contributed by atoms with Crippen LogP contribution < -0.4 is 14.9 Å². The van der Waals surface area contributed by atoms with E-state index in [0.717, 1.165) is 33.2 Å². The number of hydrogen-bond donors (Lipinski definition) is 2. The predicted molar refractivity (Wildman–Crippen MR) is 137 cm³/mol. The number of aromatic nitrogens is 3. The summed E-state index contributed by atoms with van der Waals surface area (Å²) < 4.78 is 27.1. The number of ether oxygens (including phenoxy) is 2. The summed E-state index contributed by atoms with van der Waals surface area (Å²) in [5, 5.41) is 9.44. The first-order chi connectivity index (χ1) is 17.1. The van der Waals surface area contributed by atoms with Gasteiger partial charge in [-0.15, -0.1) is 0 Å². The number of benzene rings is 4. The average molecular weight is 487 g/mol. The number of halogens is 1. The molecular weight excluding hydrogens is 463 g/mol. The third kappa shape index (κ3) is 4.74. The molecule has 4 aromatic carbocycles. The van der Waals surface area contributed by atoms with Crippen LogP contribution in [0.15, 0.2) is 84.9 Å². The van der Waals surface area contributed by atoms with E-state index in [-0.39, 0.29) is 5.82 Å². The maximum absolute atomic E-state index is 13.3. The molecule has 5 rings (SSSR count). The van der Waals surface area contributed by atoms with Crippen LogP contribution in [0.4, 0.5) is 4.39 Å². The number of methoxy groups -OCH3 is 1. The van der Waals surface area contributed by atoms with Gasteiger partial charge in [0.15, 0.2) is 5.82 Å². The van der Waals surface area contributed by atoms with Gasteiger partial charge in [-0.2, -0.15) is 5.10 Å². The second-order valence-electron chi connectivity index (χ2n) is 7.90. The maximum Gasteiger partial charge on any atom is 0.214 e. The fourth-order valence-corrected chi connectivity index (χ4v) is 4.18. The van der Waals surface area contributed by atoms with Crippen LogP contribution in [0, 0.1) is 10.6 Å². The van der Waals surface area contributed by atoms with Crippen LogP contribution in [0.3, 0.4) is 0 Å². The van der Waals surface area contributed by atoms with Crippen molar-refractivity contribution in [1.82, 2.24) is 14.9 Å². The largest absolute Gasteiger partial charge is 0.496 e. The molecule has 0 bridgehead atoms. The van der Waals surface area contributed by atoms with Crippen molar-refractivity contribution in [3.05, 3.63) is 107 Å². The molecule has 35 heavy (non-hydrogen) atoms. The first kappa shape index (κ1) is 22.6. The molecule has 6 nitrogen and oxygen atoms in total. The van der Waals surface area contributed by atoms with E-state index in [1.807, 2.05) is 48.5 Å². The fraction of sp³-hybridized carbons (Fsp3) is 0.111. The second kappa shape index (κ2) is 9.99. The summed E-state index contributed by atoms with van der Waals surface area (Å²) >= 11 is 5.50. The molecule has 0 fully saturated rings. The van der Waals surface area contributed by atoms with Gasteiger partial charge in [0.05, 0.1) is 19.2 Å². The number of fused-ring (bicyclic) bond motifs is 1. The van der Waals surface area contributed by atoms with E-state index in [1.54, 1.807) is 23.9 Å². The number of hydrogen-bond acceptors (Lipinski definition) is 5. The molecule has 0 atom stereocenters. The molecule has 0 aliphatic carbocycles. The summed E-state index contributed by atoms with van der Waals surface area (Å²) in [7, 11) is 1.62. The number of H-pyrrole nitrogens is 1. The van der Waals surface area contributed by atoms with E-state index in [1.165, 1.54) is 12.1 Å². The van der Waals surface area contributed by atoms with E-state index < -0.39 is 0 Å². The van der Waals surface area contributed by atoms with Crippen LogP contribution in [0.2, 0.25) is 0 Å². The molecule has 0 amide bonds. The SMILES string of the molecule is COc1ccccc1-c1n[nH]c(=S)n1NCc1c(OCc2ccc(F)cc2)ccc2ccccc12. The summed E-state index contributed by atoms with van der Waals surface area (Å²) in [4.78, 5) is 0. The summed E-state index contributed by atoms with van der Waals surface area (Å²) in [6.45, 7) is 0.749. The van der Waals surface area contributed by atoms with Crippen molar-refractivity contribution < 1.29 is 13.9 Å². The zero-order valence-corrected chi connectivity index (χ0v) is 19.8. The normalized spacial score (nSPS) is 10.9. The molecule has 0 unspecified atom stereocenters. The number of aromatic amines is 1. The third-order valence-corrected chi connectivity index (χ3v) is 6.01. The van der Waals surface area contributed by atoms with Gasteiger partial charge < -0.3 is 14.9 Å². The van der Waals surface area contributed by atoms with Gasteiger partial charge in [0, 0.05) is 5.56 Å². The summed E-state index contributed by atoms with van der Waals surface area (Å²) in [6.07, 6.45) is 0. The van der Waals surface area contributed by atoms with E-state index in [9.17, 15) is 4.39 Å². The highest BCUT2D eigenvalue weighted by Gasteiger charge is 2.15. The van der Waals surface area contributed by atoms with Crippen LogP contribution in [-0.2, 0) is 13.2 Å². The highest BCUT2D eigenvalue weighted by molar-refractivity contribution is 7.71. The fourth-order valence-electron chi connectivity index (χ4n) is 3.99. The molecule has 0 saturated carbocycles. The van der Waals surface area contributed by atoms with Gasteiger partial charge in [-0.05, 0) is 58.9 Å². The molecule has 0 spiro atoms. The van der Waals surface area contributed by atoms with Crippen molar-refractivity contribution in [2.45, 2.75) is 13.2 Å². The zero-order chi connectivity index (χ0) is 24.2. The molecule has 0 saturated heterocycles. The monoisotopic (exact) mass is 486 g/mol. The molecule has 0 radical (unpaired) electrons. The van der Waals surface area contributed by atoms with E-state index >= 15 is 0 Å². The predicted octanol–water partition coefficient (Wildman–Crippen LogP) is 6.23. The van der Waals surface area contributed by atoms with Gasteiger partial charge in [0.2, 0.25) is 4.77 Å². The topological polar surface area (TPSA) is 64.1 Å². The standard InChI is InChI=1S/C27H23FN4O2S/c1-33-24-9-5-4-8-22(24)26-30-31-27(35)32(26)29-16-23-21-7-3-2-6-19(21)12-15-25(23)34-17-18-10-13-20(28)14-11-18/h2-15,29H,16-17H2,1H3,(H,31,35). The minimum absolute atomic E-state index is 0.271. The Labute approximate surface area is 206 Å². The summed E-state index contributed by atoms with van der Waals surface area (Å²) in [6, 6.07) is 26.1. The van der Waals surface area contributed by atoms with Crippen LogP contribution in [0.25, 0.3) is 22.2 Å². The average Bonchev–Trinajstić information content (AvgIpc) is 3.27. The van der Waals surface area contributed by atoms with E-state index in [2.05, 4.69) is 27.8 Å². The Kier molecular flexibility index (Phi) is 6.45. The minimum atomic E-state index is -0.271. The highest BCUT2D eigenvalue weighted by atomic mass is 32.1. The third-order valence-electron chi connectivity index (χ3n) is 5.74. The van der Waals surface area contributed by atoms with Gasteiger partial charge in [0.1, 0.15) is 23.9 Å². The highest BCUT2D eigenvalue weighted by Crippen LogP contribution is 2.31. The smallest absolute Gasteiger partial charge is 0.214 e. The molecule has 1 aromatic heterocycles. The molecule has 1 heterocycles. The molecule has 2 N–H and O–H groups in total. The molecule has 0 aliphatic heterocycles. The number of para-hydroxylation sites is 1.